The molecule has 96 valence electrons. The first-order chi connectivity index (χ1) is 7.94. The minimum atomic E-state index is -0.150. The first-order valence-electron chi connectivity index (χ1n) is 7.15. The molecule has 0 saturated heterocycles. The van der Waals surface area contributed by atoms with Crippen LogP contribution >= 0.6 is 0 Å². The second kappa shape index (κ2) is 4.59. The zero-order valence-electron chi connectivity index (χ0n) is 11.8. The molecule has 0 aromatic carbocycles. The van der Waals surface area contributed by atoms with Gasteiger partial charge in [-0.25, -0.2) is 0 Å². The van der Waals surface area contributed by atoms with Crippen LogP contribution < -0.4 is 0 Å². The monoisotopic (exact) mass is 234 g/mol. The molecule has 0 heterocycles. The van der Waals surface area contributed by atoms with Gasteiger partial charge in [0, 0.05) is 5.41 Å². The summed E-state index contributed by atoms with van der Waals surface area (Å²) in [7, 11) is 0. The molecular formula is C16H26O. The summed E-state index contributed by atoms with van der Waals surface area (Å²) >= 11 is 0. The number of fused-ring (bicyclic) bond motifs is 1. The van der Waals surface area contributed by atoms with E-state index in [0.29, 0.717) is 17.6 Å². The van der Waals surface area contributed by atoms with E-state index in [9.17, 15) is 4.79 Å². The van der Waals surface area contributed by atoms with Gasteiger partial charge in [-0.05, 0) is 56.8 Å². The Balaban J connectivity index is 2.22. The molecule has 3 unspecified atom stereocenters. The maximum Gasteiger partial charge on any atom is 0.135 e. The Morgan fingerprint density at radius 3 is 2.65 bits per heavy atom. The van der Waals surface area contributed by atoms with E-state index in [1.165, 1.54) is 32.1 Å². The van der Waals surface area contributed by atoms with E-state index in [1.807, 2.05) is 0 Å². The molecule has 0 radical (unpaired) electrons. The fourth-order valence-corrected chi connectivity index (χ4v) is 3.94. The van der Waals surface area contributed by atoms with E-state index in [0.717, 1.165) is 5.92 Å². The molecule has 2 aliphatic rings. The van der Waals surface area contributed by atoms with Crippen LogP contribution in [0, 0.1) is 23.2 Å². The number of ketones is 1. The molecule has 1 fully saturated rings. The lowest BCUT2D eigenvalue weighted by Crippen LogP contribution is -2.40. The molecule has 2 rings (SSSR count). The summed E-state index contributed by atoms with van der Waals surface area (Å²) in [5, 5.41) is 0. The van der Waals surface area contributed by atoms with Crippen molar-refractivity contribution in [3.63, 3.8) is 0 Å². The van der Waals surface area contributed by atoms with Gasteiger partial charge in [-0.15, -0.1) is 0 Å². The molecule has 2 aliphatic carbocycles. The van der Waals surface area contributed by atoms with Crippen molar-refractivity contribution in [1.82, 2.24) is 0 Å². The van der Waals surface area contributed by atoms with Gasteiger partial charge >= 0.3 is 0 Å². The molecule has 0 amide bonds. The van der Waals surface area contributed by atoms with Gasteiger partial charge in [0.25, 0.3) is 0 Å². The van der Waals surface area contributed by atoms with Gasteiger partial charge in [0.1, 0.15) is 5.78 Å². The first kappa shape index (κ1) is 12.9. The average Bonchev–Trinajstić information content (AvgIpc) is 2.29. The number of hydrogen-bond acceptors (Lipinski definition) is 1. The first-order valence-corrected chi connectivity index (χ1v) is 7.15. The number of allylic oxidation sites excluding steroid dienone is 2. The fraction of sp³-hybridized carbons (Fsp3) is 0.812. The third kappa shape index (κ3) is 2.21. The van der Waals surface area contributed by atoms with E-state index in [-0.39, 0.29) is 5.41 Å². The molecule has 0 aromatic heterocycles. The van der Waals surface area contributed by atoms with E-state index in [4.69, 9.17) is 0 Å². The van der Waals surface area contributed by atoms with Crippen molar-refractivity contribution in [2.24, 2.45) is 23.2 Å². The van der Waals surface area contributed by atoms with Gasteiger partial charge < -0.3 is 0 Å². The Morgan fingerprint density at radius 1 is 1.29 bits per heavy atom. The third-order valence-corrected chi connectivity index (χ3v) is 5.40. The molecule has 0 bridgehead atoms. The quantitative estimate of drug-likeness (QED) is 0.648. The highest BCUT2D eigenvalue weighted by Crippen LogP contribution is 2.49. The molecule has 1 saturated carbocycles. The molecule has 0 spiro atoms. The number of Topliss-reactive ketones (excluding diaryl/α,β-unsaturated/α-hetero) is 1. The summed E-state index contributed by atoms with van der Waals surface area (Å²) in [6.07, 6.45) is 9.00. The topological polar surface area (TPSA) is 17.1 Å². The van der Waals surface area contributed by atoms with Crippen LogP contribution in [0.3, 0.4) is 0 Å². The van der Waals surface area contributed by atoms with Crippen LogP contribution in [0.4, 0.5) is 0 Å². The van der Waals surface area contributed by atoms with Crippen LogP contribution in [0.1, 0.15) is 59.8 Å². The van der Waals surface area contributed by atoms with Crippen LogP contribution in [0.25, 0.3) is 0 Å². The number of carbonyl (C=O) groups is 1. The second-order valence-corrected chi connectivity index (χ2v) is 6.58. The van der Waals surface area contributed by atoms with Crippen molar-refractivity contribution in [2.45, 2.75) is 59.8 Å². The molecule has 3 atom stereocenters. The van der Waals surface area contributed by atoms with Gasteiger partial charge in [0.05, 0.1) is 0 Å². The highest BCUT2D eigenvalue weighted by atomic mass is 16.1. The van der Waals surface area contributed by atoms with Crippen molar-refractivity contribution in [1.29, 1.82) is 0 Å². The normalized spacial score (nSPS) is 33.9. The predicted octanol–water partition coefficient (Wildman–Crippen LogP) is 4.37. The second-order valence-electron chi connectivity index (χ2n) is 6.58. The molecule has 0 N–H and O–H groups in total. The lowest BCUT2D eigenvalue weighted by molar-refractivity contribution is -0.129. The number of hydrogen-bond donors (Lipinski definition) is 0. The maximum atomic E-state index is 11.9. The van der Waals surface area contributed by atoms with Crippen LogP contribution in [0.5, 0.6) is 0 Å². The smallest absolute Gasteiger partial charge is 0.135 e. The van der Waals surface area contributed by atoms with Crippen molar-refractivity contribution in [2.75, 3.05) is 0 Å². The number of carbonyl (C=O) groups excluding carboxylic acids is 1. The number of rotatable bonds is 2. The summed E-state index contributed by atoms with van der Waals surface area (Å²) in [6, 6.07) is 0. The molecular weight excluding hydrogens is 208 g/mol. The summed E-state index contributed by atoms with van der Waals surface area (Å²) in [5.74, 6) is 2.33. The van der Waals surface area contributed by atoms with E-state index in [2.05, 4.69) is 26.8 Å². The van der Waals surface area contributed by atoms with Crippen molar-refractivity contribution in [3.8, 4) is 0 Å². The van der Waals surface area contributed by atoms with Gasteiger partial charge in [-0.3, -0.25) is 4.79 Å². The van der Waals surface area contributed by atoms with Gasteiger partial charge in [0.15, 0.2) is 0 Å². The average molecular weight is 234 g/mol. The highest BCUT2D eigenvalue weighted by molar-refractivity contribution is 5.82. The summed E-state index contributed by atoms with van der Waals surface area (Å²) in [6.45, 7) is 8.38. The largest absolute Gasteiger partial charge is 0.299 e. The van der Waals surface area contributed by atoms with Crippen molar-refractivity contribution in [3.05, 3.63) is 11.6 Å². The standard InChI is InChI=1S/C16H26O/c1-11-14-8-6-5-7-13(14)9-10-15(11)16(3,4)12(2)17/h8,11,13,15H,5-7,9-10H2,1-4H3. The Bertz CT molecular complexity index is 337. The summed E-state index contributed by atoms with van der Waals surface area (Å²) in [4.78, 5) is 11.9. The minimum absolute atomic E-state index is 0.150. The van der Waals surface area contributed by atoms with Gasteiger partial charge in [-0.2, -0.15) is 0 Å². The molecule has 17 heavy (non-hydrogen) atoms. The highest BCUT2D eigenvalue weighted by Gasteiger charge is 2.42. The van der Waals surface area contributed by atoms with E-state index >= 15 is 0 Å². The third-order valence-electron chi connectivity index (χ3n) is 5.40. The zero-order valence-corrected chi connectivity index (χ0v) is 11.8. The predicted molar refractivity (Wildman–Crippen MR) is 71.8 cm³/mol. The van der Waals surface area contributed by atoms with Crippen molar-refractivity contribution < 1.29 is 4.79 Å². The van der Waals surface area contributed by atoms with E-state index in [1.54, 1.807) is 12.5 Å². The molecule has 0 aromatic rings. The molecule has 0 aliphatic heterocycles. The Kier molecular flexibility index (Phi) is 3.47. The fourth-order valence-electron chi connectivity index (χ4n) is 3.94. The van der Waals surface area contributed by atoms with Crippen molar-refractivity contribution >= 4 is 5.78 Å². The van der Waals surface area contributed by atoms with Gasteiger partial charge in [-0.1, -0.05) is 32.4 Å². The molecule has 1 nitrogen and oxygen atoms in total. The SMILES string of the molecule is CC(=O)C(C)(C)C1CCC2CCCC=C2C1C. The van der Waals surface area contributed by atoms with Crippen LogP contribution in [0.2, 0.25) is 0 Å². The summed E-state index contributed by atoms with van der Waals surface area (Å²) < 4.78 is 0. The van der Waals surface area contributed by atoms with Crippen LogP contribution in [0.15, 0.2) is 11.6 Å². The summed E-state index contributed by atoms with van der Waals surface area (Å²) in [5.41, 5.74) is 1.52. The Morgan fingerprint density at radius 2 is 2.00 bits per heavy atom. The van der Waals surface area contributed by atoms with Crippen LogP contribution in [-0.4, -0.2) is 5.78 Å². The molecule has 1 heteroatoms. The minimum Gasteiger partial charge on any atom is -0.299 e. The lowest BCUT2D eigenvalue weighted by Gasteiger charge is -2.45. The lowest BCUT2D eigenvalue weighted by atomic mass is 9.59. The Hall–Kier alpha value is -0.590. The van der Waals surface area contributed by atoms with Gasteiger partial charge in [0.2, 0.25) is 0 Å². The maximum absolute atomic E-state index is 11.9. The van der Waals surface area contributed by atoms with Crippen LogP contribution in [-0.2, 0) is 4.79 Å². The Labute approximate surface area is 106 Å². The zero-order chi connectivity index (χ0) is 12.6. The van der Waals surface area contributed by atoms with E-state index < -0.39 is 0 Å².